The third-order valence-corrected chi connectivity index (χ3v) is 5.16. The van der Waals surface area contributed by atoms with Crippen molar-refractivity contribution in [2.45, 2.75) is 51.2 Å². The molecule has 4 nitrogen and oxygen atoms in total. The van der Waals surface area contributed by atoms with Gasteiger partial charge in [-0.3, -0.25) is 4.79 Å². The fourth-order valence-electron chi connectivity index (χ4n) is 2.60. The maximum Gasteiger partial charge on any atom is 0.227 e. The van der Waals surface area contributed by atoms with Crippen molar-refractivity contribution in [3.8, 4) is 0 Å². The first-order valence-corrected chi connectivity index (χ1v) is 7.84. The van der Waals surface area contributed by atoms with Crippen LogP contribution in [0.5, 0.6) is 0 Å². The number of aromatic amines is 1. The van der Waals surface area contributed by atoms with E-state index in [2.05, 4.69) is 4.98 Å². The highest BCUT2D eigenvalue weighted by atomic mass is 32.1. The van der Waals surface area contributed by atoms with E-state index in [4.69, 9.17) is 12.2 Å². The van der Waals surface area contributed by atoms with Crippen molar-refractivity contribution in [2.24, 2.45) is 0 Å². The lowest BCUT2D eigenvalue weighted by molar-refractivity contribution is -0.134. The van der Waals surface area contributed by atoms with Gasteiger partial charge in [0.25, 0.3) is 0 Å². The van der Waals surface area contributed by atoms with Crippen molar-refractivity contribution in [3.05, 3.63) is 14.5 Å². The summed E-state index contributed by atoms with van der Waals surface area (Å²) in [6.07, 6.45) is 3.81. The Labute approximate surface area is 122 Å². The SMILES string of the molecule is Cc1[nH]c(=S)sc1CC(=O)N(C)C1CCCCC1O. The molecule has 2 rings (SSSR count). The Hall–Kier alpha value is -0.720. The molecule has 0 aliphatic heterocycles. The summed E-state index contributed by atoms with van der Waals surface area (Å²) in [7, 11) is 1.79. The van der Waals surface area contributed by atoms with Crippen LogP contribution >= 0.6 is 23.6 Å². The van der Waals surface area contributed by atoms with Gasteiger partial charge in [-0.05, 0) is 32.0 Å². The summed E-state index contributed by atoms with van der Waals surface area (Å²) >= 11 is 6.54. The number of thiazole rings is 1. The molecular formula is C13H20N2O2S2. The van der Waals surface area contributed by atoms with Crippen LogP contribution in [0.1, 0.15) is 36.3 Å². The van der Waals surface area contributed by atoms with Gasteiger partial charge in [-0.15, -0.1) is 11.3 Å². The van der Waals surface area contributed by atoms with Crippen LogP contribution in [-0.4, -0.2) is 40.1 Å². The van der Waals surface area contributed by atoms with E-state index in [0.717, 1.165) is 36.3 Å². The average molecular weight is 300 g/mol. The second-order valence-corrected chi connectivity index (χ2v) is 6.94. The number of carbonyl (C=O) groups is 1. The van der Waals surface area contributed by atoms with Crippen molar-refractivity contribution in [2.75, 3.05) is 7.05 Å². The Morgan fingerprint density at radius 2 is 2.21 bits per heavy atom. The molecule has 0 spiro atoms. The molecule has 2 atom stereocenters. The first-order chi connectivity index (χ1) is 8.99. The maximum atomic E-state index is 12.3. The normalized spacial score (nSPS) is 23.3. The minimum absolute atomic E-state index is 0.0338. The molecule has 1 aromatic rings. The number of aliphatic hydroxyl groups is 1. The van der Waals surface area contributed by atoms with Crippen LogP contribution in [0.25, 0.3) is 0 Å². The van der Waals surface area contributed by atoms with Gasteiger partial charge in [0.15, 0.2) is 3.95 Å². The van der Waals surface area contributed by atoms with Crippen LogP contribution in [-0.2, 0) is 11.2 Å². The van der Waals surface area contributed by atoms with E-state index in [1.807, 2.05) is 6.92 Å². The molecule has 1 aliphatic carbocycles. The second-order valence-electron chi connectivity index (χ2n) is 5.16. The van der Waals surface area contributed by atoms with E-state index in [1.165, 1.54) is 11.3 Å². The molecule has 0 aromatic carbocycles. The Kier molecular flexibility index (Phi) is 4.76. The van der Waals surface area contributed by atoms with Crippen LogP contribution in [0.15, 0.2) is 0 Å². The molecule has 2 N–H and O–H groups in total. The lowest BCUT2D eigenvalue weighted by Crippen LogP contribution is -2.46. The van der Waals surface area contributed by atoms with Crippen molar-refractivity contribution in [1.82, 2.24) is 9.88 Å². The fourth-order valence-corrected chi connectivity index (χ4v) is 3.88. The number of hydrogen-bond donors (Lipinski definition) is 2. The molecule has 1 amide bonds. The summed E-state index contributed by atoms with van der Waals surface area (Å²) < 4.78 is 0.709. The highest BCUT2D eigenvalue weighted by Gasteiger charge is 2.29. The number of nitrogens with one attached hydrogen (secondary N) is 1. The molecule has 0 radical (unpaired) electrons. The van der Waals surface area contributed by atoms with Crippen LogP contribution in [0.2, 0.25) is 0 Å². The zero-order valence-electron chi connectivity index (χ0n) is 11.3. The van der Waals surface area contributed by atoms with Crippen molar-refractivity contribution in [1.29, 1.82) is 0 Å². The third-order valence-electron chi connectivity index (χ3n) is 3.82. The van der Waals surface area contributed by atoms with Crippen LogP contribution < -0.4 is 0 Å². The van der Waals surface area contributed by atoms with E-state index in [-0.39, 0.29) is 18.1 Å². The Morgan fingerprint density at radius 1 is 1.53 bits per heavy atom. The molecule has 1 heterocycles. The fraction of sp³-hybridized carbons (Fsp3) is 0.692. The molecule has 1 saturated carbocycles. The summed E-state index contributed by atoms with van der Waals surface area (Å²) in [6, 6.07) is -0.0338. The highest BCUT2D eigenvalue weighted by molar-refractivity contribution is 7.73. The van der Waals surface area contributed by atoms with Crippen LogP contribution in [0.3, 0.4) is 0 Å². The van der Waals surface area contributed by atoms with Gasteiger partial charge >= 0.3 is 0 Å². The summed E-state index contributed by atoms with van der Waals surface area (Å²) in [4.78, 5) is 18.1. The molecule has 0 saturated heterocycles. The summed E-state index contributed by atoms with van der Waals surface area (Å²) in [5.41, 5.74) is 0.973. The summed E-state index contributed by atoms with van der Waals surface area (Å²) in [5, 5.41) is 10.00. The van der Waals surface area contributed by atoms with E-state index < -0.39 is 0 Å². The Bertz CT molecular complexity index is 509. The number of likely N-dealkylation sites (N-methyl/N-ethyl adjacent to an activating group) is 1. The van der Waals surface area contributed by atoms with Gasteiger partial charge in [-0.1, -0.05) is 12.8 Å². The topological polar surface area (TPSA) is 56.3 Å². The lowest BCUT2D eigenvalue weighted by atomic mass is 9.91. The molecule has 19 heavy (non-hydrogen) atoms. The Morgan fingerprint density at radius 3 is 2.79 bits per heavy atom. The Balaban J connectivity index is 2.03. The zero-order valence-corrected chi connectivity index (χ0v) is 12.9. The molecular weight excluding hydrogens is 280 g/mol. The second kappa shape index (κ2) is 6.15. The summed E-state index contributed by atoms with van der Waals surface area (Å²) in [5.74, 6) is 0.0549. The van der Waals surface area contributed by atoms with Gasteiger partial charge in [-0.2, -0.15) is 0 Å². The number of amides is 1. The third kappa shape index (κ3) is 3.43. The van der Waals surface area contributed by atoms with Crippen molar-refractivity contribution < 1.29 is 9.90 Å². The van der Waals surface area contributed by atoms with Gasteiger partial charge in [-0.25, -0.2) is 0 Å². The number of hydrogen-bond acceptors (Lipinski definition) is 4. The molecule has 1 aromatic heterocycles. The first-order valence-electron chi connectivity index (χ1n) is 6.61. The van der Waals surface area contributed by atoms with E-state index in [9.17, 15) is 9.90 Å². The number of aliphatic hydroxyl groups excluding tert-OH is 1. The predicted molar refractivity (Wildman–Crippen MR) is 79.0 cm³/mol. The van der Waals surface area contributed by atoms with Gasteiger partial charge in [0.1, 0.15) is 0 Å². The van der Waals surface area contributed by atoms with Gasteiger partial charge < -0.3 is 15.0 Å². The largest absolute Gasteiger partial charge is 0.391 e. The number of aryl methyl sites for hydroxylation is 1. The number of nitrogens with zero attached hydrogens (tertiary/aromatic N) is 1. The molecule has 1 fully saturated rings. The van der Waals surface area contributed by atoms with Crippen LogP contribution in [0.4, 0.5) is 0 Å². The minimum Gasteiger partial charge on any atom is -0.391 e. The van der Waals surface area contributed by atoms with Crippen molar-refractivity contribution >= 4 is 29.5 Å². The van der Waals surface area contributed by atoms with Gasteiger partial charge in [0, 0.05) is 17.6 Å². The highest BCUT2D eigenvalue weighted by Crippen LogP contribution is 2.23. The molecule has 1 aliphatic rings. The van der Waals surface area contributed by atoms with Crippen molar-refractivity contribution in [3.63, 3.8) is 0 Å². The quantitative estimate of drug-likeness (QED) is 0.843. The van der Waals surface area contributed by atoms with Gasteiger partial charge in [0.2, 0.25) is 5.91 Å². The van der Waals surface area contributed by atoms with E-state index in [1.54, 1.807) is 11.9 Å². The van der Waals surface area contributed by atoms with Gasteiger partial charge in [0.05, 0.1) is 18.6 Å². The molecule has 0 bridgehead atoms. The maximum absolute atomic E-state index is 12.3. The molecule has 6 heteroatoms. The predicted octanol–water partition coefficient (Wildman–Crippen LogP) is 2.42. The number of rotatable bonds is 3. The lowest BCUT2D eigenvalue weighted by Gasteiger charge is -2.35. The zero-order chi connectivity index (χ0) is 14.0. The number of carbonyl (C=O) groups excluding carboxylic acids is 1. The smallest absolute Gasteiger partial charge is 0.227 e. The molecule has 106 valence electrons. The van der Waals surface area contributed by atoms with E-state index >= 15 is 0 Å². The average Bonchev–Trinajstić information content (AvgIpc) is 2.67. The van der Waals surface area contributed by atoms with Crippen LogP contribution in [0, 0.1) is 10.9 Å². The molecule has 2 unspecified atom stereocenters. The monoisotopic (exact) mass is 300 g/mol. The standard InChI is InChI=1S/C13H20N2O2S2/c1-8-11(19-13(18)14-8)7-12(17)15(2)9-5-3-4-6-10(9)16/h9-10,16H,3-7H2,1-2H3,(H,14,18). The summed E-state index contributed by atoms with van der Waals surface area (Å²) in [6.45, 7) is 1.93. The van der Waals surface area contributed by atoms with E-state index in [0.29, 0.717) is 10.4 Å². The number of H-pyrrole nitrogens is 1. The first kappa shape index (κ1) is 14.7. The minimum atomic E-state index is -0.381. The number of aromatic nitrogens is 1.